The molecule has 2 aromatic rings. The number of benzene rings is 1. The summed E-state index contributed by atoms with van der Waals surface area (Å²) in [5.41, 5.74) is 2.01. The number of nitrogens with zero attached hydrogens (tertiary/aromatic N) is 3. The van der Waals surface area contributed by atoms with E-state index in [1.165, 1.54) is 12.1 Å². The van der Waals surface area contributed by atoms with Crippen molar-refractivity contribution in [2.24, 2.45) is 0 Å². The van der Waals surface area contributed by atoms with E-state index < -0.39 is 0 Å². The van der Waals surface area contributed by atoms with Crippen molar-refractivity contribution in [2.75, 3.05) is 31.1 Å². The molecular weight excluding hydrogens is 255 g/mol. The van der Waals surface area contributed by atoms with Crippen LogP contribution in [-0.2, 0) is 6.42 Å². The van der Waals surface area contributed by atoms with Gasteiger partial charge in [-0.2, -0.15) is 0 Å². The summed E-state index contributed by atoms with van der Waals surface area (Å²) in [5, 5.41) is 3.31. The first kappa shape index (κ1) is 13.0. The molecule has 0 saturated carbocycles. The van der Waals surface area contributed by atoms with Crippen LogP contribution in [-0.4, -0.2) is 36.1 Å². The number of aromatic nitrogens is 2. The summed E-state index contributed by atoms with van der Waals surface area (Å²) < 4.78 is 12.9. The summed E-state index contributed by atoms with van der Waals surface area (Å²) >= 11 is 0. The number of rotatable bonds is 3. The fourth-order valence-corrected chi connectivity index (χ4v) is 2.31. The Balaban J connectivity index is 1.75. The molecule has 4 nitrogen and oxygen atoms in total. The molecule has 1 aromatic carbocycles. The maximum atomic E-state index is 12.9. The molecular formula is C15H17FN4. The molecule has 0 bridgehead atoms. The van der Waals surface area contributed by atoms with Gasteiger partial charge in [-0.25, -0.2) is 14.4 Å². The third kappa shape index (κ3) is 3.11. The third-order valence-corrected chi connectivity index (χ3v) is 3.40. The average Bonchev–Trinajstić information content (AvgIpc) is 2.51. The van der Waals surface area contributed by atoms with Gasteiger partial charge in [-0.05, 0) is 23.8 Å². The summed E-state index contributed by atoms with van der Waals surface area (Å²) in [6.07, 6.45) is 2.49. The van der Waals surface area contributed by atoms with Crippen molar-refractivity contribution >= 4 is 5.95 Å². The molecule has 1 aliphatic rings. The van der Waals surface area contributed by atoms with Crippen LogP contribution in [0.1, 0.15) is 11.3 Å². The summed E-state index contributed by atoms with van der Waals surface area (Å²) in [5.74, 6) is 0.573. The maximum Gasteiger partial charge on any atom is 0.225 e. The van der Waals surface area contributed by atoms with Gasteiger partial charge in [0.05, 0.1) is 5.69 Å². The highest BCUT2D eigenvalue weighted by molar-refractivity contribution is 5.32. The molecule has 1 saturated heterocycles. The molecule has 5 heteroatoms. The van der Waals surface area contributed by atoms with Crippen molar-refractivity contribution in [3.8, 4) is 0 Å². The van der Waals surface area contributed by atoms with Crippen LogP contribution < -0.4 is 10.2 Å². The number of hydrogen-bond donors (Lipinski definition) is 1. The number of piperazine rings is 1. The van der Waals surface area contributed by atoms with Gasteiger partial charge >= 0.3 is 0 Å². The number of nitrogens with one attached hydrogen (secondary N) is 1. The van der Waals surface area contributed by atoms with E-state index in [4.69, 9.17) is 0 Å². The Bertz CT molecular complexity index is 564. The quantitative estimate of drug-likeness (QED) is 0.922. The largest absolute Gasteiger partial charge is 0.338 e. The Morgan fingerprint density at radius 1 is 1.10 bits per heavy atom. The standard InChI is InChI=1S/C15H17FN4/c16-13-3-1-12(2-4-13)11-14-5-6-18-15(19-14)20-9-7-17-8-10-20/h1-6,17H,7-11H2. The first-order valence-electron chi connectivity index (χ1n) is 6.83. The van der Waals surface area contributed by atoms with Crippen LogP contribution >= 0.6 is 0 Å². The van der Waals surface area contributed by atoms with Gasteiger partial charge in [-0.1, -0.05) is 12.1 Å². The lowest BCUT2D eigenvalue weighted by Gasteiger charge is -2.27. The molecule has 0 spiro atoms. The number of halogens is 1. The second-order valence-electron chi connectivity index (χ2n) is 4.89. The first-order valence-corrected chi connectivity index (χ1v) is 6.83. The smallest absolute Gasteiger partial charge is 0.225 e. The topological polar surface area (TPSA) is 41.1 Å². The van der Waals surface area contributed by atoms with Crippen molar-refractivity contribution in [1.82, 2.24) is 15.3 Å². The molecule has 2 heterocycles. The fraction of sp³-hybridized carbons (Fsp3) is 0.333. The van der Waals surface area contributed by atoms with Crippen molar-refractivity contribution in [2.45, 2.75) is 6.42 Å². The highest BCUT2D eigenvalue weighted by Gasteiger charge is 2.13. The molecule has 1 aromatic heterocycles. The molecule has 20 heavy (non-hydrogen) atoms. The Hall–Kier alpha value is -2.01. The van der Waals surface area contributed by atoms with E-state index in [0.29, 0.717) is 6.42 Å². The van der Waals surface area contributed by atoms with Gasteiger partial charge in [-0.15, -0.1) is 0 Å². The lowest BCUT2D eigenvalue weighted by molar-refractivity contribution is 0.579. The third-order valence-electron chi connectivity index (χ3n) is 3.40. The van der Waals surface area contributed by atoms with Crippen LogP contribution in [0.5, 0.6) is 0 Å². The molecule has 0 atom stereocenters. The van der Waals surface area contributed by atoms with E-state index in [-0.39, 0.29) is 5.82 Å². The van der Waals surface area contributed by atoms with Gasteiger partial charge in [0, 0.05) is 38.8 Å². The first-order chi connectivity index (χ1) is 9.81. The monoisotopic (exact) mass is 272 g/mol. The Labute approximate surface area is 117 Å². The minimum absolute atomic E-state index is 0.210. The van der Waals surface area contributed by atoms with E-state index in [1.807, 2.05) is 6.07 Å². The van der Waals surface area contributed by atoms with Crippen LogP contribution in [0, 0.1) is 5.82 Å². The summed E-state index contributed by atoms with van der Waals surface area (Å²) in [6.45, 7) is 3.79. The molecule has 0 radical (unpaired) electrons. The number of hydrogen-bond acceptors (Lipinski definition) is 4. The van der Waals surface area contributed by atoms with Crippen LogP contribution in [0.3, 0.4) is 0 Å². The van der Waals surface area contributed by atoms with Crippen molar-refractivity contribution in [3.63, 3.8) is 0 Å². The second kappa shape index (κ2) is 5.96. The van der Waals surface area contributed by atoms with E-state index in [2.05, 4.69) is 20.2 Å². The molecule has 0 unspecified atom stereocenters. The summed E-state index contributed by atoms with van der Waals surface area (Å²) in [6, 6.07) is 8.46. The maximum absolute atomic E-state index is 12.9. The summed E-state index contributed by atoms with van der Waals surface area (Å²) in [7, 11) is 0. The van der Waals surface area contributed by atoms with Gasteiger partial charge in [0.2, 0.25) is 5.95 Å². The predicted molar refractivity (Wildman–Crippen MR) is 76.3 cm³/mol. The molecule has 1 aliphatic heterocycles. The van der Waals surface area contributed by atoms with Gasteiger partial charge in [0.1, 0.15) is 5.82 Å². The van der Waals surface area contributed by atoms with E-state index in [1.54, 1.807) is 18.3 Å². The Kier molecular flexibility index (Phi) is 3.87. The van der Waals surface area contributed by atoms with Crippen molar-refractivity contribution in [3.05, 3.63) is 53.6 Å². The van der Waals surface area contributed by atoms with Gasteiger partial charge < -0.3 is 10.2 Å². The molecule has 0 amide bonds. The van der Waals surface area contributed by atoms with Gasteiger partial charge in [0.25, 0.3) is 0 Å². The molecule has 0 aliphatic carbocycles. The lowest BCUT2D eigenvalue weighted by atomic mass is 10.1. The minimum atomic E-state index is -0.210. The fourth-order valence-electron chi connectivity index (χ4n) is 2.31. The zero-order valence-electron chi connectivity index (χ0n) is 11.2. The Morgan fingerprint density at radius 3 is 2.60 bits per heavy atom. The zero-order chi connectivity index (χ0) is 13.8. The van der Waals surface area contributed by atoms with Gasteiger partial charge in [-0.3, -0.25) is 0 Å². The van der Waals surface area contributed by atoms with Crippen LogP contribution in [0.25, 0.3) is 0 Å². The predicted octanol–water partition coefficient (Wildman–Crippen LogP) is 1.62. The van der Waals surface area contributed by atoms with Crippen LogP contribution in [0.4, 0.5) is 10.3 Å². The van der Waals surface area contributed by atoms with Crippen molar-refractivity contribution < 1.29 is 4.39 Å². The lowest BCUT2D eigenvalue weighted by Crippen LogP contribution is -2.44. The van der Waals surface area contributed by atoms with Crippen molar-refractivity contribution in [1.29, 1.82) is 0 Å². The highest BCUT2D eigenvalue weighted by atomic mass is 19.1. The average molecular weight is 272 g/mol. The zero-order valence-corrected chi connectivity index (χ0v) is 11.2. The SMILES string of the molecule is Fc1ccc(Cc2ccnc(N3CCNCC3)n2)cc1. The molecule has 1 fully saturated rings. The van der Waals surface area contributed by atoms with E-state index in [0.717, 1.165) is 43.4 Å². The molecule has 3 rings (SSSR count). The van der Waals surface area contributed by atoms with Gasteiger partial charge in [0.15, 0.2) is 0 Å². The molecule has 1 N–H and O–H groups in total. The van der Waals surface area contributed by atoms with Crippen LogP contribution in [0.2, 0.25) is 0 Å². The summed E-state index contributed by atoms with van der Waals surface area (Å²) in [4.78, 5) is 11.1. The second-order valence-corrected chi connectivity index (χ2v) is 4.89. The van der Waals surface area contributed by atoms with E-state index in [9.17, 15) is 4.39 Å². The normalized spacial score (nSPS) is 15.3. The Morgan fingerprint density at radius 2 is 1.85 bits per heavy atom. The van der Waals surface area contributed by atoms with Crippen LogP contribution in [0.15, 0.2) is 36.5 Å². The molecule has 104 valence electrons. The highest BCUT2D eigenvalue weighted by Crippen LogP contribution is 2.12. The number of anilines is 1. The van der Waals surface area contributed by atoms with E-state index >= 15 is 0 Å². The minimum Gasteiger partial charge on any atom is -0.338 e.